The van der Waals surface area contributed by atoms with Crippen molar-refractivity contribution in [2.45, 2.75) is 50.1 Å². The van der Waals surface area contributed by atoms with Crippen molar-refractivity contribution in [1.82, 2.24) is 34.1 Å². The molecule has 0 radical (unpaired) electrons. The Hall–Kier alpha value is -4.24. The summed E-state index contributed by atoms with van der Waals surface area (Å²) in [6.07, 6.45) is -3.53. The van der Waals surface area contributed by atoms with Gasteiger partial charge in [0.1, 0.15) is 23.3 Å². The van der Waals surface area contributed by atoms with Crippen molar-refractivity contribution in [3.63, 3.8) is 0 Å². The number of hydrogen-bond donors (Lipinski definition) is 0. The number of benzene rings is 2. The second kappa shape index (κ2) is 11.8. The second-order valence-corrected chi connectivity index (χ2v) is 13.2. The fourth-order valence-electron chi connectivity index (χ4n) is 6.98. The number of halogens is 4. The van der Waals surface area contributed by atoms with Gasteiger partial charge in [-0.1, -0.05) is 18.7 Å². The molecule has 2 aromatic heterocycles. The van der Waals surface area contributed by atoms with E-state index in [4.69, 9.17) is 0 Å². The molecule has 0 saturated carbocycles. The first-order valence-electron chi connectivity index (χ1n) is 15.3. The highest BCUT2D eigenvalue weighted by Crippen LogP contribution is 2.50. The highest BCUT2D eigenvalue weighted by atomic mass is 32.2. The number of piperazine rings is 1. The molecule has 1 fully saturated rings. The summed E-state index contributed by atoms with van der Waals surface area (Å²) in [5, 5.41) is 8.67. The molecule has 0 aliphatic carbocycles. The predicted molar refractivity (Wildman–Crippen MR) is 170 cm³/mol. The summed E-state index contributed by atoms with van der Waals surface area (Å²) in [7, 11) is 0. The normalized spacial score (nSPS) is 20.0. The van der Waals surface area contributed by atoms with Gasteiger partial charge in [0.15, 0.2) is 0 Å². The molecule has 246 valence electrons. The zero-order valence-corrected chi connectivity index (χ0v) is 26.6. The highest BCUT2D eigenvalue weighted by molar-refractivity contribution is 7.99. The monoisotopic (exact) mass is 668 g/mol. The Morgan fingerprint density at radius 3 is 2.60 bits per heavy atom. The van der Waals surface area contributed by atoms with Crippen LogP contribution >= 0.6 is 11.8 Å². The Balaban J connectivity index is 1.40. The first-order valence-corrected chi connectivity index (χ1v) is 16.3. The number of carbonyl (C=O) groups is 1. The molecule has 3 aliphatic rings. The summed E-state index contributed by atoms with van der Waals surface area (Å²) in [5.74, 6) is 1.33. The molecular weight excluding hydrogens is 636 g/mol. The summed E-state index contributed by atoms with van der Waals surface area (Å²) >= 11 is 1.27. The maximum atomic E-state index is 14.9. The van der Waals surface area contributed by atoms with Gasteiger partial charge in [-0.25, -0.2) is 9.18 Å². The van der Waals surface area contributed by atoms with Gasteiger partial charge in [0.25, 0.3) is 0 Å². The van der Waals surface area contributed by atoms with Crippen LogP contribution < -0.4 is 10.6 Å². The maximum Gasteiger partial charge on any atom is 0.417 e. The Bertz CT molecular complexity index is 1960. The topological polar surface area (TPSA) is 92.4 Å². The van der Waals surface area contributed by atoms with E-state index in [-0.39, 0.29) is 40.8 Å². The summed E-state index contributed by atoms with van der Waals surface area (Å²) in [6.45, 7) is 10.5. The third-order valence-electron chi connectivity index (χ3n) is 9.24. The van der Waals surface area contributed by atoms with Crippen molar-refractivity contribution >= 4 is 34.4 Å². The van der Waals surface area contributed by atoms with Crippen molar-refractivity contribution in [3.8, 4) is 11.1 Å². The number of aromatic nitrogens is 5. The molecule has 4 aromatic rings. The van der Waals surface area contributed by atoms with Gasteiger partial charge in [0.05, 0.1) is 23.7 Å². The molecule has 10 nitrogen and oxygen atoms in total. The molecule has 2 atom stereocenters. The van der Waals surface area contributed by atoms with Gasteiger partial charge >= 0.3 is 11.9 Å². The lowest BCUT2D eigenvalue weighted by Gasteiger charge is -2.41. The van der Waals surface area contributed by atoms with Crippen LogP contribution in [0.3, 0.4) is 0 Å². The molecule has 47 heavy (non-hydrogen) atoms. The van der Waals surface area contributed by atoms with Crippen LogP contribution in [0.25, 0.3) is 22.0 Å². The van der Waals surface area contributed by atoms with E-state index < -0.39 is 29.3 Å². The second-order valence-electron chi connectivity index (χ2n) is 12.2. The first kappa shape index (κ1) is 31.4. The number of fused-ring (bicyclic) bond motifs is 1. The van der Waals surface area contributed by atoms with Crippen molar-refractivity contribution in [2.75, 3.05) is 43.4 Å². The fraction of sp³-hybridized carbons (Fsp3) is 0.406. The number of anilines is 1. The molecule has 0 spiro atoms. The molecule has 3 aliphatic heterocycles. The van der Waals surface area contributed by atoms with Crippen LogP contribution in [0.4, 0.5) is 23.4 Å². The van der Waals surface area contributed by atoms with E-state index in [2.05, 4.69) is 31.2 Å². The minimum atomic E-state index is -4.76. The van der Waals surface area contributed by atoms with Gasteiger partial charge < -0.3 is 14.4 Å². The Morgan fingerprint density at radius 1 is 1.13 bits per heavy atom. The van der Waals surface area contributed by atoms with Gasteiger partial charge in [-0.3, -0.25) is 14.3 Å². The van der Waals surface area contributed by atoms with Crippen LogP contribution in [0.1, 0.15) is 30.2 Å². The third kappa shape index (κ3) is 5.48. The summed E-state index contributed by atoms with van der Waals surface area (Å²) in [4.78, 5) is 36.8. The SMILES string of the molecule is C=CC(=O)N1CCN(c2nc(=O)n3c4c(c(-c5ccc(F)cc5)c(C(F)(F)F)cc24)SC[C@@H]3CN2CCn3c(C)nnc3C2)[C@@H](C)C1. The lowest BCUT2D eigenvalue weighted by atomic mass is 9.95. The van der Waals surface area contributed by atoms with Crippen LogP contribution in [0.5, 0.6) is 0 Å². The Kier molecular flexibility index (Phi) is 7.86. The molecule has 7 rings (SSSR count). The number of thioether (sulfide) groups is 1. The number of alkyl halides is 3. The van der Waals surface area contributed by atoms with Crippen molar-refractivity contribution in [3.05, 3.63) is 76.5 Å². The molecule has 1 saturated heterocycles. The zero-order chi connectivity index (χ0) is 33.2. The maximum absolute atomic E-state index is 14.9. The van der Waals surface area contributed by atoms with E-state index in [1.165, 1.54) is 30.0 Å². The Morgan fingerprint density at radius 2 is 1.89 bits per heavy atom. The smallest absolute Gasteiger partial charge is 0.350 e. The summed E-state index contributed by atoms with van der Waals surface area (Å²) in [6, 6.07) is 5.29. The van der Waals surface area contributed by atoms with E-state index in [0.717, 1.165) is 29.8 Å². The molecule has 1 amide bonds. The van der Waals surface area contributed by atoms with E-state index in [1.807, 2.05) is 18.7 Å². The number of nitrogens with zero attached hydrogens (tertiary/aromatic N) is 8. The van der Waals surface area contributed by atoms with Gasteiger partial charge in [0, 0.05) is 66.9 Å². The van der Waals surface area contributed by atoms with Crippen LogP contribution in [-0.2, 0) is 24.1 Å². The molecule has 0 N–H and O–H groups in total. The summed E-state index contributed by atoms with van der Waals surface area (Å²) in [5.41, 5.74) is -0.952. The van der Waals surface area contributed by atoms with Gasteiger partial charge in [-0.2, -0.15) is 18.2 Å². The van der Waals surface area contributed by atoms with Gasteiger partial charge in [-0.05, 0) is 43.7 Å². The molecule has 15 heteroatoms. The average Bonchev–Trinajstić information content (AvgIpc) is 3.41. The number of aryl methyl sites for hydroxylation is 1. The average molecular weight is 669 g/mol. The van der Waals surface area contributed by atoms with Crippen LogP contribution in [0.15, 0.2) is 52.7 Å². The number of carbonyl (C=O) groups excluding carboxylic acids is 1. The quantitative estimate of drug-likeness (QED) is 0.227. The predicted octanol–water partition coefficient (Wildman–Crippen LogP) is 4.51. The minimum Gasteiger partial charge on any atom is -0.350 e. The number of amides is 1. The molecular formula is C32H32F4N8O2S. The van der Waals surface area contributed by atoms with E-state index in [1.54, 1.807) is 9.47 Å². The largest absolute Gasteiger partial charge is 0.417 e. The van der Waals surface area contributed by atoms with Crippen molar-refractivity contribution in [2.24, 2.45) is 0 Å². The lowest BCUT2D eigenvalue weighted by Crippen LogP contribution is -2.54. The van der Waals surface area contributed by atoms with Gasteiger partial charge in [0.2, 0.25) is 5.91 Å². The fourth-order valence-corrected chi connectivity index (χ4v) is 8.31. The van der Waals surface area contributed by atoms with E-state index in [9.17, 15) is 27.2 Å². The van der Waals surface area contributed by atoms with Crippen LogP contribution in [-0.4, -0.2) is 84.5 Å². The molecule has 0 bridgehead atoms. The lowest BCUT2D eigenvalue weighted by molar-refractivity contribution is -0.137. The van der Waals surface area contributed by atoms with E-state index in [0.29, 0.717) is 55.4 Å². The zero-order valence-electron chi connectivity index (χ0n) is 25.8. The van der Waals surface area contributed by atoms with Crippen LogP contribution in [0, 0.1) is 12.7 Å². The molecule has 0 unspecified atom stereocenters. The van der Waals surface area contributed by atoms with Crippen molar-refractivity contribution < 1.29 is 22.4 Å². The highest BCUT2D eigenvalue weighted by Gasteiger charge is 2.40. The minimum absolute atomic E-state index is 0.0882. The molecule has 2 aromatic carbocycles. The van der Waals surface area contributed by atoms with Crippen molar-refractivity contribution in [1.29, 1.82) is 0 Å². The van der Waals surface area contributed by atoms with E-state index >= 15 is 0 Å². The first-order chi connectivity index (χ1) is 22.4. The standard InChI is InChI=1S/C32H32F4N8O2S/c1-4-26(45)41-10-12-42(18(2)14-41)30-23-13-24(32(34,35)36)27(20-5-7-21(33)8-6-20)29-28(23)44(31(46)37-30)22(17-47-29)15-40-9-11-43-19(3)38-39-25(43)16-40/h4-8,13,18,22H,1,9-12,14-17H2,2-3H3/t18-,22-/m0/s1. The third-order valence-corrected chi connectivity index (χ3v) is 10.5. The van der Waals surface area contributed by atoms with Gasteiger partial charge in [-0.15, -0.1) is 22.0 Å². The molecule has 5 heterocycles. The number of rotatable bonds is 5. The van der Waals surface area contributed by atoms with Crippen LogP contribution in [0.2, 0.25) is 0 Å². The number of hydrogen-bond acceptors (Lipinski definition) is 8. The summed E-state index contributed by atoms with van der Waals surface area (Å²) < 4.78 is 62.3. The Labute approximate surface area is 271 Å².